The Morgan fingerprint density at radius 3 is 2.71 bits per heavy atom. The molecule has 1 aromatic rings. The van der Waals surface area contributed by atoms with Crippen molar-refractivity contribution in [2.45, 2.75) is 45.4 Å². The predicted molar refractivity (Wildman–Crippen MR) is 69.0 cm³/mol. The van der Waals surface area contributed by atoms with E-state index in [1.807, 2.05) is 0 Å². The average Bonchev–Trinajstić information content (AvgIpc) is 2.33. The van der Waals surface area contributed by atoms with Gasteiger partial charge in [-0.25, -0.2) is 0 Å². The largest absolute Gasteiger partial charge is 0.299 e. The second-order valence-corrected chi connectivity index (χ2v) is 6.13. The molecule has 2 unspecified atom stereocenters. The van der Waals surface area contributed by atoms with E-state index in [1.54, 1.807) is 0 Å². The number of benzene rings is 1. The van der Waals surface area contributed by atoms with Gasteiger partial charge in [0.1, 0.15) is 5.78 Å². The Morgan fingerprint density at radius 1 is 1.12 bits per heavy atom. The van der Waals surface area contributed by atoms with Crippen LogP contribution in [0, 0.1) is 11.3 Å². The Morgan fingerprint density at radius 2 is 1.88 bits per heavy atom. The minimum absolute atomic E-state index is 0.115. The summed E-state index contributed by atoms with van der Waals surface area (Å²) in [5.74, 6) is 1.64. The minimum atomic E-state index is -0.115. The highest BCUT2D eigenvalue weighted by molar-refractivity contribution is 5.85. The van der Waals surface area contributed by atoms with Crippen LogP contribution in [-0.2, 0) is 11.2 Å². The van der Waals surface area contributed by atoms with E-state index in [4.69, 9.17) is 0 Å². The monoisotopic (exact) mass is 228 g/mol. The Labute approximate surface area is 103 Å². The lowest BCUT2D eigenvalue weighted by Crippen LogP contribution is -2.43. The SMILES string of the molecule is CC1(C)C(=O)CCC2c3ccccc3CCC21. The summed E-state index contributed by atoms with van der Waals surface area (Å²) in [6.45, 7) is 4.31. The highest BCUT2D eigenvalue weighted by Gasteiger charge is 2.46. The van der Waals surface area contributed by atoms with Crippen molar-refractivity contribution in [3.63, 3.8) is 0 Å². The first-order valence-electron chi connectivity index (χ1n) is 6.72. The fourth-order valence-corrected chi connectivity index (χ4v) is 3.89. The van der Waals surface area contributed by atoms with E-state index < -0.39 is 0 Å². The standard InChI is InChI=1S/C16H20O/c1-16(2)14-9-7-11-5-3-4-6-12(11)13(14)8-10-15(16)17/h3-6,13-14H,7-10H2,1-2H3. The first-order chi connectivity index (χ1) is 8.10. The average molecular weight is 228 g/mol. The Hall–Kier alpha value is -1.11. The maximum absolute atomic E-state index is 12.1. The van der Waals surface area contributed by atoms with E-state index >= 15 is 0 Å². The molecule has 2 aliphatic rings. The molecule has 0 aliphatic heterocycles. The second kappa shape index (κ2) is 3.69. The molecule has 0 amide bonds. The molecule has 17 heavy (non-hydrogen) atoms. The zero-order chi connectivity index (χ0) is 12.0. The lowest BCUT2D eigenvalue weighted by Gasteiger charge is -2.46. The van der Waals surface area contributed by atoms with Crippen molar-refractivity contribution in [1.82, 2.24) is 0 Å². The Bertz CT molecular complexity index is 458. The van der Waals surface area contributed by atoms with E-state index in [9.17, 15) is 4.79 Å². The maximum atomic E-state index is 12.1. The molecule has 2 aliphatic carbocycles. The molecule has 0 saturated heterocycles. The molecule has 1 aromatic carbocycles. The van der Waals surface area contributed by atoms with Crippen LogP contribution in [0.1, 0.15) is 50.2 Å². The number of carbonyl (C=O) groups is 1. The number of fused-ring (bicyclic) bond motifs is 3. The molecule has 0 aromatic heterocycles. The summed E-state index contributed by atoms with van der Waals surface area (Å²) in [7, 11) is 0. The lowest BCUT2D eigenvalue weighted by atomic mass is 9.57. The summed E-state index contributed by atoms with van der Waals surface area (Å²) in [6, 6.07) is 8.82. The highest BCUT2D eigenvalue weighted by atomic mass is 16.1. The summed E-state index contributed by atoms with van der Waals surface area (Å²) in [5, 5.41) is 0. The fourth-order valence-electron chi connectivity index (χ4n) is 3.89. The topological polar surface area (TPSA) is 17.1 Å². The van der Waals surface area contributed by atoms with Gasteiger partial charge in [-0.2, -0.15) is 0 Å². The van der Waals surface area contributed by atoms with Crippen LogP contribution < -0.4 is 0 Å². The third kappa shape index (κ3) is 1.55. The predicted octanol–water partition coefficient (Wildman–Crippen LogP) is 3.72. The molecule has 0 N–H and O–H groups in total. The molecular weight excluding hydrogens is 208 g/mol. The van der Waals surface area contributed by atoms with Crippen LogP contribution in [0.4, 0.5) is 0 Å². The van der Waals surface area contributed by atoms with Crippen LogP contribution in [-0.4, -0.2) is 5.78 Å². The third-order valence-electron chi connectivity index (χ3n) is 4.99. The van der Waals surface area contributed by atoms with E-state index in [1.165, 1.54) is 17.5 Å². The van der Waals surface area contributed by atoms with Crippen LogP contribution in [0.25, 0.3) is 0 Å². The van der Waals surface area contributed by atoms with Crippen molar-refractivity contribution < 1.29 is 4.79 Å². The van der Waals surface area contributed by atoms with Gasteiger partial charge in [-0.15, -0.1) is 0 Å². The maximum Gasteiger partial charge on any atom is 0.138 e. The molecule has 1 nitrogen and oxygen atoms in total. The molecular formula is C16H20O. The summed E-state index contributed by atoms with van der Waals surface area (Å²) in [5.41, 5.74) is 2.92. The molecule has 0 bridgehead atoms. The van der Waals surface area contributed by atoms with Gasteiger partial charge < -0.3 is 0 Å². The number of hydrogen-bond donors (Lipinski definition) is 0. The van der Waals surface area contributed by atoms with Crippen LogP contribution in [0.5, 0.6) is 0 Å². The molecule has 1 fully saturated rings. The van der Waals surface area contributed by atoms with Gasteiger partial charge in [0.05, 0.1) is 0 Å². The Kier molecular flexibility index (Phi) is 2.39. The summed E-state index contributed by atoms with van der Waals surface area (Å²) < 4.78 is 0. The zero-order valence-electron chi connectivity index (χ0n) is 10.7. The molecule has 1 saturated carbocycles. The van der Waals surface area contributed by atoms with Gasteiger partial charge in [-0.05, 0) is 42.2 Å². The van der Waals surface area contributed by atoms with Crippen LogP contribution in [0.2, 0.25) is 0 Å². The van der Waals surface area contributed by atoms with E-state index in [2.05, 4.69) is 38.1 Å². The van der Waals surface area contributed by atoms with Gasteiger partial charge in [0.25, 0.3) is 0 Å². The molecule has 0 heterocycles. The van der Waals surface area contributed by atoms with Gasteiger partial charge in [0.15, 0.2) is 0 Å². The van der Waals surface area contributed by atoms with E-state index in [0.29, 0.717) is 17.6 Å². The minimum Gasteiger partial charge on any atom is -0.299 e. The molecule has 0 spiro atoms. The van der Waals surface area contributed by atoms with Gasteiger partial charge in [-0.3, -0.25) is 4.79 Å². The molecule has 0 radical (unpaired) electrons. The normalized spacial score (nSPS) is 30.6. The second-order valence-electron chi connectivity index (χ2n) is 6.13. The van der Waals surface area contributed by atoms with Crippen molar-refractivity contribution in [2.24, 2.45) is 11.3 Å². The summed E-state index contributed by atoms with van der Waals surface area (Å²) in [6.07, 6.45) is 4.15. The number of carbonyl (C=O) groups excluding carboxylic acids is 1. The van der Waals surface area contributed by atoms with Gasteiger partial charge in [-0.1, -0.05) is 38.1 Å². The van der Waals surface area contributed by atoms with Crippen molar-refractivity contribution in [2.75, 3.05) is 0 Å². The van der Waals surface area contributed by atoms with Crippen molar-refractivity contribution in [3.8, 4) is 0 Å². The van der Waals surface area contributed by atoms with Crippen LogP contribution >= 0.6 is 0 Å². The first kappa shape index (κ1) is 11.0. The number of ketones is 1. The first-order valence-corrected chi connectivity index (χ1v) is 6.72. The van der Waals surface area contributed by atoms with Crippen molar-refractivity contribution in [1.29, 1.82) is 0 Å². The lowest BCUT2D eigenvalue weighted by molar-refractivity contribution is -0.134. The number of hydrogen-bond acceptors (Lipinski definition) is 1. The molecule has 3 rings (SSSR count). The molecule has 2 atom stereocenters. The van der Waals surface area contributed by atoms with Gasteiger partial charge in [0.2, 0.25) is 0 Å². The fraction of sp³-hybridized carbons (Fsp3) is 0.562. The zero-order valence-corrected chi connectivity index (χ0v) is 10.7. The van der Waals surface area contributed by atoms with Gasteiger partial charge in [0, 0.05) is 11.8 Å². The highest BCUT2D eigenvalue weighted by Crippen LogP contribution is 2.51. The van der Waals surface area contributed by atoms with Crippen LogP contribution in [0.3, 0.4) is 0 Å². The smallest absolute Gasteiger partial charge is 0.138 e. The molecule has 90 valence electrons. The van der Waals surface area contributed by atoms with E-state index in [-0.39, 0.29) is 5.41 Å². The van der Waals surface area contributed by atoms with Crippen LogP contribution in [0.15, 0.2) is 24.3 Å². The molecule has 1 heteroatoms. The van der Waals surface area contributed by atoms with Crippen molar-refractivity contribution in [3.05, 3.63) is 35.4 Å². The number of aryl methyl sites for hydroxylation is 1. The summed E-state index contributed by atoms with van der Waals surface area (Å²) in [4.78, 5) is 12.1. The third-order valence-corrected chi connectivity index (χ3v) is 4.99. The van der Waals surface area contributed by atoms with Gasteiger partial charge >= 0.3 is 0 Å². The van der Waals surface area contributed by atoms with E-state index in [0.717, 1.165) is 19.3 Å². The Balaban J connectivity index is 2.03. The summed E-state index contributed by atoms with van der Waals surface area (Å²) >= 11 is 0. The van der Waals surface area contributed by atoms with Crippen molar-refractivity contribution >= 4 is 5.78 Å². The number of Topliss-reactive ketones (excluding diaryl/α,β-unsaturated/α-hetero) is 1. The quantitative estimate of drug-likeness (QED) is 0.661. The number of rotatable bonds is 0.